The van der Waals surface area contributed by atoms with Crippen LogP contribution < -0.4 is 10.2 Å². The Morgan fingerprint density at radius 2 is 2.12 bits per heavy atom. The molecule has 0 saturated carbocycles. The van der Waals surface area contributed by atoms with Gasteiger partial charge in [-0.15, -0.1) is 0 Å². The molecule has 1 N–H and O–H groups in total. The first-order valence-corrected chi connectivity index (χ1v) is 7.10. The maximum Gasteiger partial charge on any atom is 0.0541 e. The summed E-state index contributed by atoms with van der Waals surface area (Å²) in [5, 5.41) is 3.40. The molecule has 0 amide bonds. The molecule has 0 radical (unpaired) electrons. The zero-order valence-corrected chi connectivity index (χ0v) is 12.5. The van der Waals surface area contributed by atoms with Crippen molar-refractivity contribution in [3.05, 3.63) is 27.7 Å². The van der Waals surface area contributed by atoms with Crippen LogP contribution in [0.5, 0.6) is 0 Å². The molecule has 2 nitrogen and oxygen atoms in total. The number of nitrogens with one attached hydrogen (secondary N) is 1. The molecule has 94 valence electrons. The van der Waals surface area contributed by atoms with Crippen LogP contribution >= 0.6 is 15.9 Å². The van der Waals surface area contributed by atoms with Crippen LogP contribution in [0.3, 0.4) is 0 Å². The van der Waals surface area contributed by atoms with E-state index < -0.39 is 0 Å². The Labute approximate surface area is 113 Å². The Bertz CT molecular complexity index is 380. The third-order valence-electron chi connectivity index (χ3n) is 3.54. The number of hydrogen-bond acceptors (Lipinski definition) is 2. The van der Waals surface area contributed by atoms with E-state index in [4.69, 9.17) is 0 Å². The standard InChI is InChI=1S/C14H21BrN2/c1-10-7-11(2)14(13(15)8-10)17-6-4-5-12(9-17)16-3/h7-8,12,16H,4-6,9H2,1-3H3. The minimum Gasteiger partial charge on any atom is -0.369 e. The highest BCUT2D eigenvalue weighted by atomic mass is 79.9. The van der Waals surface area contributed by atoms with Crippen molar-refractivity contribution in [2.75, 3.05) is 25.0 Å². The Morgan fingerprint density at radius 1 is 1.35 bits per heavy atom. The molecule has 0 bridgehead atoms. The van der Waals surface area contributed by atoms with Gasteiger partial charge in [-0.3, -0.25) is 0 Å². The Balaban J connectivity index is 2.27. The summed E-state index contributed by atoms with van der Waals surface area (Å²) in [6.45, 7) is 6.63. The van der Waals surface area contributed by atoms with Crippen LogP contribution in [-0.2, 0) is 0 Å². The van der Waals surface area contributed by atoms with Crippen LogP contribution in [0.4, 0.5) is 5.69 Å². The number of halogens is 1. The number of nitrogens with zero attached hydrogens (tertiary/aromatic N) is 1. The second-order valence-corrected chi connectivity index (χ2v) is 5.84. The van der Waals surface area contributed by atoms with Gasteiger partial charge in [0.25, 0.3) is 0 Å². The predicted octanol–water partition coefficient (Wildman–Crippen LogP) is 3.25. The summed E-state index contributed by atoms with van der Waals surface area (Å²) in [5.74, 6) is 0. The van der Waals surface area contributed by atoms with Crippen LogP contribution in [-0.4, -0.2) is 26.2 Å². The monoisotopic (exact) mass is 296 g/mol. The first-order chi connectivity index (χ1) is 8.11. The van der Waals surface area contributed by atoms with E-state index in [1.165, 1.54) is 40.7 Å². The largest absolute Gasteiger partial charge is 0.369 e. The number of rotatable bonds is 2. The van der Waals surface area contributed by atoms with Crippen molar-refractivity contribution in [1.82, 2.24) is 5.32 Å². The molecule has 1 aromatic carbocycles. The van der Waals surface area contributed by atoms with Crippen LogP contribution in [0, 0.1) is 13.8 Å². The third kappa shape index (κ3) is 2.83. The molecule has 1 aromatic rings. The molecule has 1 unspecified atom stereocenters. The number of benzene rings is 1. The Hall–Kier alpha value is -0.540. The fourth-order valence-electron chi connectivity index (χ4n) is 2.72. The van der Waals surface area contributed by atoms with Crippen LogP contribution in [0.25, 0.3) is 0 Å². The fraction of sp³-hybridized carbons (Fsp3) is 0.571. The highest BCUT2D eigenvalue weighted by molar-refractivity contribution is 9.10. The van der Waals surface area contributed by atoms with Crippen LogP contribution in [0.1, 0.15) is 24.0 Å². The molecule has 17 heavy (non-hydrogen) atoms. The Morgan fingerprint density at radius 3 is 2.76 bits per heavy atom. The first kappa shape index (κ1) is 12.9. The fourth-order valence-corrected chi connectivity index (χ4v) is 3.65. The highest BCUT2D eigenvalue weighted by Gasteiger charge is 2.21. The summed E-state index contributed by atoms with van der Waals surface area (Å²) in [4.78, 5) is 2.50. The van der Waals surface area contributed by atoms with E-state index in [0.717, 1.165) is 6.54 Å². The molecule has 0 aromatic heterocycles. The van der Waals surface area contributed by atoms with Gasteiger partial charge in [0.1, 0.15) is 0 Å². The van der Waals surface area contributed by atoms with Crippen molar-refractivity contribution in [2.45, 2.75) is 32.7 Å². The second kappa shape index (κ2) is 5.40. The maximum absolute atomic E-state index is 3.71. The number of likely N-dealkylation sites (N-methyl/N-ethyl adjacent to an activating group) is 1. The summed E-state index contributed by atoms with van der Waals surface area (Å²) in [6, 6.07) is 5.10. The van der Waals surface area contributed by atoms with E-state index in [1.54, 1.807) is 0 Å². The zero-order valence-electron chi connectivity index (χ0n) is 10.9. The minimum absolute atomic E-state index is 0.622. The minimum atomic E-state index is 0.622. The van der Waals surface area contributed by atoms with Gasteiger partial charge in [-0.2, -0.15) is 0 Å². The van der Waals surface area contributed by atoms with E-state index >= 15 is 0 Å². The number of anilines is 1. The molecular formula is C14H21BrN2. The molecular weight excluding hydrogens is 276 g/mol. The molecule has 1 saturated heterocycles. The van der Waals surface area contributed by atoms with E-state index in [-0.39, 0.29) is 0 Å². The van der Waals surface area contributed by atoms with Crippen molar-refractivity contribution in [1.29, 1.82) is 0 Å². The van der Waals surface area contributed by atoms with E-state index in [1.807, 2.05) is 0 Å². The number of hydrogen-bond donors (Lipinski definition) is 1. The van der Waals surface area contributed by atoms with Crippen molar-refractivity contribution in [3.8, 4) is 0 Å². The predicted molar refractivity (Wildman–Crippen MR) is 77.9 cm³/mol. The number of aryl methyl sites for hydroxylation is 2. The van der Waals surface area contributed by atoms with Gasteiger partial charge in [0, 0.05) is 23.6 Å². The van der Waals surface area contributed by atoms with Gasteiger partial charge in [0.05, 0.1) is 5.69 Å². The van der Waals surface area contributed by atoms with E-state index in [0.29, 0.717) is 6.04 Å². The van der Waals surface area contributed by atoms with Gasteiger partial charge in [0.2, 0.25) is 0 Å². The van der Waals surface area contributed by atoms with Gasteiger partial charge in [-0.1, -0.05) is 6.07 Å². The van der Waals surface area contributed by atoms with E-state index in [2.05, 4.69) is 59.2 Å². The topological polar surface area (TPSA) is 15.3 Å². The molecule has 1 heterocycles. The summed E-state index contributed by atoms with van der Waals surface area (Å²) in [5.41, 5.74) is 4.06. The first-order valence-electron chi connectivity index (χ1n) is 6.30. The molecule has 1 atom stereocenters. The lowest BCUT2D eigenvalue weighted by Crippen LogP contribution is -2.44. The van der Waals surface area contributed by atoms with Gasteiger partial charge in [0.15, 0.2) is 0 Å². The average molecular weight is 297 g/mol. The molecule has 1 aliphatic heterocycles. The van der Waals surface area contributed by atoms with Gasteiger partial charge in [-0.25, -0.2) is 0 Å². The van der Waals surface area contributed by atoms with Crippen molar-refractivity contribution < 1.29 is 0 Å². The van der Waals surface area contributed by atoms with Crippen molar-refractivity contribution >= 4 is 21.6 Å². The highest BCUT2D eigenvalue weighted by Crippen LogP contribution is 2.33. The lowest BCUT2D eigenvalue weighted by Gasteiger charge is -2.36. The lowest BCUT2D eigenvalue weighted by atomic mass is 10.0. The zero-order chi connectivity index (χ0) is 12.4. The molecule has 1 aliphatic rings. The van der Waals surface area contributed by atoms with Crippen molar-refractivity contribution in [2.24, 2.45) is 0 Å². The van der Waals surface area contributed by atoms with Gasteiger partial charge in [-0.05, 0) is 66.9 Å². The van der Waals surface area contributed by atoms with Gasteiger partial charge >= 0.3 is 0 Å². The SMILES string of the molecule is CNC1CCCN(c2c(C)cc(C)cc2Br)C1. The molecule has 3 heteroatoms. The summed E-state index contributed by atoms with van der Waals surface area (Å²) >= 11 is 3.71. The summed E-state index contributed by atoms with van der Waals surface area (Å²) < 4.78 is 1.23. The summed E-state index contributed by atoms with van der Waals surface area (Å²) in [7, 11) is 2.06. The van der Waals surface area contributed by atoms with Gasteiger partial charge < -0.3 is 10.2 Å². The molecule has 0 spiro atoms. The lowest BCUT2D eigenvalue weighted by molar-refractivity contribution is 0.449. The maximum atomic E-state index is 3.71. The smallest absolute Gasteiger partial charge is 0.0541 e. The summed E-state index contributed by atoms with van der Waals surface area (Å²) in [6.07, 6.45) is 2.56. The second-order valence-electron chi connectivity index (χ2n) is 4.99. The Kier molecular flexibility index (Phi) is 4.10. The molecule has 2 rings (SSSR count). The molecule has 1 fully saturated rings. The third-order valence-corrected chi connectivity index (χ3v) is 4.15. The van der Waals surface area contributed by atoms with Crippen LogP contribution in [0.15, 0.2) is 16.6 Å². The van der Waals surface area contributed by atoms with Crippen LogP contribution in [0.2, 0.25) is 0 Å². The number of piperidine rings is 1. The van der Waals surface area contributed by atoms with Crippen molar-refractivity contribution in [3.63, 3.8) is 0 Å². The quantitative estimate of drug-likeness (QED) is 0.901. The average Bonchev–Trinajstić information content (AvgIpc) is 2.28. The molecule has 0 aliphatic carbocycles. The normalized spacial score (nSPS) is 20.7. The van der Waals surface area contributed by atoms with E-state index in [9.17, 15) is 0 Å².